The fourth-order valence-electron chi connectivity index (χ4n) is 2.57. The third-order valence-electron chi connectivity index (χ3n) is 3.72. The third kappa shape index (κ3) is 2.45. The number of rotatable bonds is 4. The topological polar surface area (TPSA) is 79.9 Å². The van der Waals surface area contributed by atoms with Gasteiger partial charge in [0.25, 0.3) is 0 Å². The molecule has 0 saturated carbocycles. The molecule has 1 aromatic heterocycles. The predicted molar refractivity (Wildman–Crippen MR) is 81.3 cm³/mol. The zero-order chi connectivity index (χ0) is 15.7. The van der Waals surface area contributed by atoms with Crippen LogP contribution >= 0.6 is 0 Å². The molecule has 0 aliphatic heterocycles. The molecule has 0 radical (unpaired) electrons. The van der Waals surface area contributed by atoms with Gasteiger partial charge in [0.05, 0.1) is 19.6 Å². The number of para-hydroxylation sites is 2. The molecule has 22 heavy (non-hydrogen) atoms. The Labute approximate surface area is 126 Å². The molecule has 0 amide bonds. The van der Waals surface area contributed by atoms with Gasteiger partial charge < -0.3 is 19.4 Å². The van der Waals surface area contributed by atoms with E-state index in [0.717, 1.165) is 10.8 Å². The molecule has 114 valence electrons. The van der Waals surface area contributed by atoms with Gasteiger partial charge in [-0.2, -0.15) is 0 Å². The van der Waals surface area contributed by atoms with Gasteiger partial charge in [-0.25, -0.2) is 0 Å². The van der Waals surface area contributed by atoms with Gasteiger partial charge in [-0.3, -0.25) is 4.79 Å². The fraction of sp³-hybridized carbons (Fsp3) is 0.235. The number of carbonyl (C=O) groups excluding carboxylic acids is 1. The van der Waals surface area contributed by atoms with Crippen LogP contribution in [0.4, 0.5) is 0 Å². The minimum Gasteiger partial charge on any atom is -0.469 e. The van der Waals surface area contributed by atoms with Crippen LogP contribution in [0.2, 0.25) is 0 Å². The quantitative estimate of drug-likeness (QED) is 0.724. The largest absolute Gasteiger partial charge is 0.469 e. The summed E-state index contributed by atoms with van der Waals surface area (Å²) in [6, 6.07) is 12.9. The summed E-state index contributed by atoms with van der Waals surface area (Å²) in [5, 5.41) is 22.2. The molecule has 2 N–H and O–H groups in total. The van der Waals surface area contributed by atoms with Crippen LogP contribution in [-0.2, 0) is 9.53 Å². The van der Waals surface area contributed by atoms with Crippen molar-refractivity contribution in [2.24, 2.45) is 0 Å². The number of fused-ring (bicyclic) bond motifs is 3. The lowest BCUT2D eigenvalue weighted by atomic mass is 9.99. The van der Waals surface area contributed by atoms with E-state index in [-0.39, 0.29) is 6.42 Å². The predicted octanol–water partition coefficient (Wildman–Crippen LogP) is 2.54. The molecule has 3 aromatic rings. The first-order chi connectivity index (χ1) is 10.6. The molecule has 2 unspecified atom stereocenters. The first kappa shape index (κ1) is 14.6. The molecular weight excluding hydrogens is 284 g/mol. The van der Waals surface area contributed by atoms with Crippen LogP contribution in [0, 0.1) is 0 Å². The van der Waals surface area contributed by atoms with E-state index in [4.69, 9.17) is 4.42 Å². The van der Waals surface area contributed by atoms with Crippen molar-refractivity contribution in [2.45, 2.75) is 18.6 Å². The maximum Gasteiger partial charge on any atom is 0.308 e. The second kappa shape index (κ2) is 5.79. The highest BCUT2D eigenvalue weighted by molar-refractivity contribution is 6.05. The highest BCUT2D eigenvalue weighted by Crippen LogP contribution is 2.34. The standard InChI is InChI=1S/C17H16O5/c1-21-15(19)9-13(18)16(20)12-7-4-6-11-10-5-2-3-8-14(10)22-17(11)12/h2-8,13,16,18,20H,9H2,1H3. The van der Waals surface area contributed by atoms with E-state index in [1.807, 2.05) is 30.3 Å². The zero-order valence-electron chi connectivity index (χ0n) is 12.0. The van der Waals surface area contributed by atoms with Gasteiger partial charge in [0.15, 0.2) is 0 Å². The Morgan fingerprint density at radius 2 is 1.86 bits per heavy atom. The summed E-state index contributed by atoms with van der Waals surface area (Å²) >= 11 is 0. The number of hydrogen-bond acceptors (Lipinski definition) is 5. The first-order valence-corrected chi connectivity index (χ1v) is 6.95. The van der Waals surface area contributed by atoms with Crippen LogP contribution in [0.15, 0.2) is 46.9 Å². The highest BCUT2D eigenvalue weighted by atomic mass is 16.5. The van der Waals surface area contributed by atoms with E-state index >= 15 is 0 Å². The second-order valence-corrected chi connectivity index (χ2v) is 5.11. The first-order valence-electron chi connectivity index (χ1n) is 6.95. The van der Waals surface area contributed by atoms with Crippen LogP contribution < -0.4 is 0 Å². The van der Waals surface area contributed by atoms with E-state index in [0.29, 0.717) is 16.7 Å². The average Bonchev–Trinajstić information content (AvgIpc) is 2.92. The molecule has 0 bridgehead atoms. The van der Waals surface area contributed by atoms with E-state index in [1.54, 1.807) is 12.1 Å². The summed E-state index contributed by atoms with van der Waals surface area (Å²) in [6.07, 6.45) is -2.77. The number of aliphatic hydroxyl groups is 2. The molecule has 0 fully saturated rings. The van der Waals surface area contributed by atoms with Gasteiger partial charge in [0.2, 0.25) is 0 Å². The SMILES string of the molecule is COC(=O)CC(O)C(O)c1cccc2c1oc1ccccc12. The van der Waals surface area contributed by atoms with E-state index in [9.17, 15) is 15.0 Å². The number of furan rings is 1. The smallest absolute Gasteiger partial charge is 0.308 e. The zero-order valence-corrected chi connectivity index (χ0v) is 12.0. The Bertz CT molecular complexity index is 820. The number of aliphatic hydroxyl groups excluding tert-OH is 2. The van der Waals surface area contributed by atoms with Crippen molar-refractivity contribution < 1.29 is 24.2 Å². The van der Waals surface area contributed by atoms with Crippen molar-refractivity contribution in [2.75, 3.05) is 7.11 Å². The third-order valence-corrected chi connectivity index (χ3v) is 3.72. The lowest BCUT2D eigenvalue weighted by Gasteiger charge is -2.17. The van der Waals surface area contributed by atoms with Crippen LogP contribution in [0.25, 0.3) is 21.9 Å². The number of ether oxygens (including phenoxy) is 1. The summed E-state index contributed by atoms with van der Waals surface area (Å²) < 4.78 is 10.3. The molecule has 0 spiro atoms. The van der Waals surface area contributed by atoms with E-state index in [1.165, 1.54) is 7.11 Å². The summed E-state index contributed by atoms with van der Waals surface area (Å²) in [6.45, 7) is 0. The molecule has 3 rings (SSSR count). The molecule has 0 saturated heterocycles. The van der Waals surface area contributed by atoms with Crippen molar-refractivity contribution in [1.82, 2.24) is 0 Å². The normalized spacial score (nSPS) is 14.1. The van der Waals surface area contributed by atoms with Crippen molar-refractivity contribution in [1.29, 1.82) is 0 Å². The van der Waals surface area contributed by atoms with Gasteiger partial charge in [0.1, 0.15) is 17.3 Å². The average molecular weight is 300 g/mol. The number of esters is 1. The van der Waals surface area contributed by atoms with Gasteiger partial charge in [-0.05, 0) is 6.07 Å². The van der Waals surface area contributed by atoms with Crippen molar-refractivity contribution in [3.8, 4) is 0 Å². The monoisotopic (exact) mass is 300 g/mol. The Kier molecular flexibility index (Phi) is 3.83. The number of methoxy groups -OCH3 is 1. The molecule has 2 aromatic carbocycles. The molecule has 0 aliphatic rings. The number of hydrogen-bond donors (Lipinski definition) is 2. The summed E-state index contributed by atoms with van der Waals surface area (Å²) in [5.74, 6) is -0.580. The minimum atomic E-state index is -1.26. The maximum absolute atomic E-state index is 11.2. The molecule has 5 heteroatoms. The molecule has 0 aliphatic carbocycles. The van der Waals surface area contributed by atoms with Crippen molar-refractivity contribution in [3.63, 3.8) is 0 Å². The van der Waals surface area contributed by atoms with E-state index < -0.39 is 18.2 Å². The van der Waals surface area contributed by atoms with Crippen LogP contribution in [0.3, 0.4) is 0 Å². The van der Waals surface area contributed by atoms with Crippen LogP contribution in [0.1, 0.15) is 18.1 Å². The van der Waals surface area contributed by atoms with Gasteiger partial charge in [-0.1, -0.05) is 36.4 Å². The van der Waals surface area contributed by atoms with Crippen LogP contribution in [0.5, 0.6) is 0 Å². The van der Waals surface area contributed by atoms with Gasteiger partial charge in [-0.15, -0.1) is 0 Å². The molecule has 2 atom stereocenters. The lowest BCUT2D eigenvalue weighted by molar-refractivity contribution is -0.144. The Morgan fingerprint density at radius 1 is 1.14 bits per heavy atom. The highest BCUT2D eigenvalue weighted by Gasteiger charge is 2.25. The Hall–Kier alpha value is -2.37. The second-order valence-electron chi connectivity index (χ2n) is 5.11. The van der Waals surface area contributed by atoms with E-state index in [2.05, 4.69) is 4.74 Å². The number of carbonyl (C=O) groups is 1. The fourth-order valence-corrected chi connectivity index (χ4v) is 2.57. The molecular formula is C17H16O5. The Morgan fingerprint density at radius 3 is 2.64 bits per heavy atom. The van der Waals surface area contributed by atoms with Crippen molar-refractivity contribution >= 4 is 27.9 Å². The Balaban J connectivity index is 2.05. The van der Waals surface area contributed by atoms with Gasteiger partial charge >= 0.3 is 5.97 Å². The van der Waals surface area contributed by atoms with Gasteiger partial charge in [0, 0.05) is 16.3 Å². The summed E-state index contributed by atoms with van der Waals surface area (Å²) in [5.41, 5.74) is 1.67. The van der Waals surface area contributed by atoms with Crippen molar-refractivity contribution in [3.05, 3.63) is 48.0 Å². The number of benzene rings is 2. The summed E-state index contributed by atoms with van der Waals surface area (Å²) in [7, 11) is 1.24. The molecule has 5 nitrogen and oxygen atoms in total. The maximum atomic E-state index is 11.2. The minimum absolute atomic E-state index is 0.283. The lowest BCUT2D eigenvalue weighted by Crippen LogP contribution is -2.22. The molecule has 1 heterocycles. The summed E-state index contributed by atoms with van der Waals surface area (Å²) in [4.78, 5) is 11.2. The van der Waals surface area contributed by atoms with Crippen LogP contribution in [-0.4, -0.2) is 29.4 Å².